The summed E-state index contributed by atoms with van der Waals surface area (Å²) < 4.78 is 0.804. The Morgan fingerprint density at radius 1 is 1.54 bits per heavy atom. The van der Waals surface area contributed by atoms with Crippen molar-refractivity contribution in [1.82, 2.24) is 5.32 Å². The smallest absolute Gasteiger partial charge is 0.0931 e. The molecule has 0 aliphatic heterocycles. The number of aliphatic hydroxyl groups is 1. The highest BCUT2D eigenvalue weighted by Gasteiger charge is 2.14. The third-order valence-corrected chi connectivity index (χ3v) is 3.00. The molecule has 0 saturated carbocycles. The van der Waals surface area contributed by atoms with Crippen molar-refractivity contribution in [2.75, 3.05) is 6.61 Å². The Morgan fingerprint density at radius 2 is 2.23 bits per heavy atom. The molecule has 0 saturated heterocycles. The Kier molecular flexibility index (Phi) is 3.74. The molecule has 4 heteroatoms. The summed E-state index contributed by atoms with van der Waals surface area (Å²) in [6, 6.07) is 3.88. The van der Waals surface area contributed by atoms with Crippen LogP contribution in [0.5, 0.6) is 0 Å². The highest BCUT2D eigenvalue weighted by atomic mass is 35.5. The molecule has 13 heavy (non-hydrogen) atoms. The molecule has 0 fully saturated rings. The lowest BCUT2D eigenvalue weighted by molar-refractivity contribution is 0.187. The van der Waals surface area contributed by atoms with Gasteiger partial charge >= 0.3 is 0 Å². The highest BCUT2D eigenvalue weighted by Crippen LogP contribution is 2.21. The van der Waals surface area contributed by atoms with Crippen LogP contribution in [0.3, 0.4) is 0 Å². The molecule has 0 atom stereocenters. The van der Waals surface area contributed by atoms with Crippen molar-refractivity contribution in [1.29, 1.82) is 0 Å². The third-order valence-electron chi connectivity index (χ3n) is 1.77. The lowest BCUT2D eigenvalue weighted by Gasteiger charge is -2.22. The maximum Gasteiger partial charge on any atom is 0.0931 e. The molecule has 1 aromatic rings. The van der Waals surface area contributed by atoms with Gasteiger partial charge in [-0.1, -0.05) is 11.6 Å². The van der Waals surface area contributed by atoms with Crippen molar-refractivity contribution in [3.63, 3.8) is 0 Å². The fraction of sp³-hybridized carbons (Fsp3) is 0.556. The summed E-state index contributed by atoms with van der Waals surface area (Å²) >= 11 is 7.35. The molecule has 0 aliphatic rings. The lowest BCUT2D eigenvalue weighted by atomic mass is 10.1. The van der Waals surface area contributed by atoms with Crippen molar-refractivity contribution in [3.8, 4) is 0 Å². The van der Waals surface area contributed by atoms with Crippen LogP contribution in [-0.2, 0) is 6.54 Å². The highest BCUT2D eigenvalue weighted by molar-refractivity contribution is 7.16. The molecule has 0 amide bonds. The van der Waals surface area contributed by atoms with Crippen LogP contribution in [0, 0.1) is 0 Å². The first kappa shape index (κ1) is 11.0. The standard InChI is InChI=1S/C9H14ClNOS/c1-9(2,6-12)11-5-7-3-4-8(10)13-7/h3-4,11-12H,5-6H2,1-2H3. The van der Waals surface area contributed by atoms with Crippen LogP contribution in [0.1, 0.15) is 18.7 Å². The summed E-state index contributed by atoms with van der Waals surface area (Å²) in [6.07, 6.45) is 0. The zero-order valence-corrected chi connectivity index (χ0v) is 9.37. The van der Waals surface area contributed by atoms with Gasteiger partial charge in [-0.25, -0.2) is 0 Å². The number of hydrogen-bond acceptors (Lipinski definition) is 3. The average Bonchev–Trinajstić information content (AvgIpc) is 2.48. The van der Waals surface area contributed by atoms with Crippen molar-refractivity contribution in [2.45, 2.75) is 25.9 Å². The molecule has 0 aromatic carbocycles. The topological polar surface area (TPSA) is 32.3 Å². The Balaban J connectivity index is 2.43. The van der Waals surface area contributed by atoms with Gasteiger partial charge in [-0.15, -0.1) is 11.3 Å². The fourth-order valence-electron chi connectivity index (χ4n) is 0.829. The third kappa shape index (κ3) is 3.65. The molecule has 74 valence electrons. The van der Waals surface area contributed by atoms with E-state index in [1.165, 1.54) is 4.88 Å². The van der Waals surface area contributed by atoms with E-state index in [0.717, 1.165) is 10.9 Å². The van der Waals surface area contributed by atoms with Gasteiger partial charge in [-0.05, 0) is 26.0 Å². The second-order valence-electron chi connectivity index (χ2n) is 3.60. The molecule has 2 nitrogen and oxygen atoms in total. The van der Waals surface area contributed by atoms with Crippen LogP contribution in [0.25, 0.3) is 0 Å². The average molecular weight is 220 g/mol. The van der Waals surface area contributed by atoms with E-state index in [4.69, 9.17) is 16.7 Å². The van der Waals surface area contributed by atoms with Crippen molar-refractivity contribution < 1.29 is 5.11 Å². The Bertz CT molecular complexity index is 272. The predicted molar refractivity (Wildman–Crippen MR) is 57.3 cm³/mol. The molecule has 1 rings (SSSR count). The van der Waals surface area contributed by atoms with E-state index in [-0.39, 0.29) is 12.1 Å². The number of nitrogens with one attached hydrogen (secondary N) is 1. The van der Waals surface area contributed by atoms with Crippen molar-refractivity contribution in [2.24, 2.45) is 0 Å². The van der Waals surface area contributed by atoms with Crippen LogP contribution in [-0.4, -0.2) is 17.3 Å². The van der Waals surface area contributed by atoms with Crippen LogP contribution in [0.4, 0.5) is 0 Å². The summed E-state index contributed by atoms with van der Waals surface area (Å²) in [5.74, 6) is 0. The minimum Gasteiger partial charge on any atom is -0.394 e. The van der Waals surface area contributed by atoms with Crippen molar-refractivity contribution >= 4 is 22.9 Å². The number of thiophene rings is 1. The molecule has 2 N–H and O–H groups in total. The Morgan fingerprint density at radius 3 is 2.69 bits per heavy atom. The zero-order valence-electron chi connectivity index (χ0n) is 7.80. The summed E-state index contributed by atoms with van der Waals surface area (Å²) in [6.45, 7) is 4.81. The number of rotatable bonds is 4. The number of hydrogen-bond donors (Lipinski definition) is 2. The summed E-state index contributed by atoms with van der Waals surface area (Å²) in [5.41, 5.74) is -0.226. The van der Waals surface area contributed by atoms with Gasteiger partial charge in [0.25, 0.3) is 0 Å². The van der Waals surface area contributed by atoms with Gasteiger partial charge in [-0.2, -0.15) is 0 Å². The summed E-state index contributed by atoms with van der Waals surface area (Å²) in [4.78, 5) is 1.19. The normalized spacial score (nSPS) is 12.0. The molecule has 1 heterocycles. The first-order chi connectivity index (χ1) is 6.03. The second kappa shape index (κ2) is 4.42. The minimum absolute atomic E-state index is 0.131. The monoisotopic (exact) mass is 219 g/mol. The van der Waals surface area contributed by atoms with Crippen LogP contribution < -0.4 is 5.32 Å². The molecule has 0 bridgehead atoms. The van der Waals surface area contributed by atoms with Gasteiger partial charge in [0, 0.05) is 17.0 Å². The van der Waals surface area contributed by atoms with Gasteiger partial charge in [-0.3, -0.25) is 0 Å². The lowest BCUT2D eigenvalue weighted by Crippen LogP contribution is -2.41. The first-order valence-corrected chi connectivity index (χ1v) is 5.33. The van der Waals surface area contributed by atoms with Crippen LogP contribution >= 0.6 is 22.9 Å². The minimum atomic E-state index is -0.226. The summed E-state index contributed by atoms with van der Waals surface area (Å²) in [7, 11) is 0. The van der Waals surface area contributed by atoms with Gasteiger partial charge in [0.1, 0.15) is 0 Å². The van der Waals surface area contributed by atoms with Gasteiger partial charge in [0.15, 0.2) is 0 Å². The number of aliphatic hydroxyl groups excluding tert-OH is 1. The van der Waals surface area contributed by atoms with Gasteiger partial charge in [0.2, 0.25) is 0 Å². The second-order valence-corrected chi connectivity index (χ2v) is 5.40. The van der Waals surface area contributed by atoms with Gasteiger partial charge < -0.3 is 10.4 Å². The SMILES string of the molecule is CC(C)(CO)NCc1ccc(Cl)s1. The number of halogens is 1. The molecule has 0 unspecified atom stereocenters. The molecular formula is C9H14ClNOS. The maximum atomic E-state index is 8.99. The molecule has 0 spiro atoms. The van der Waals surface area contributed by atoms with E-state index in [1.54, 1.807) is 11.3 Å². The molecule has 0 aliphatic carbocycles. The summed E-state index contributed by atoms with van der Waals surface area (Å²) in [5, 5.41) is 12.2. The van der Waals surface area contributed by atoms with Crippen molar-refractivity contribution in [3.05, 3.63) is 21.3 Å². The predicted octanol–water partition coefficient (Wildman–Crippen LogP) is 2.26. The van der Waals surface area contributed by atoms with E-state index in [9.17, 15) is 0 Å². The Labute approximate surface area is 87.5 Å². The largest absolute Gasteiger partial charge is 0.394 e. The zero-order chi connectivity index (χ0) is 9.90. The quantitative estimate of drug-likeness (QED) is 0.815. The maximum absolute atomic E-state index is 8.99. The van der Waals surface area contributed by atoms with E-state index in [0.29, 0.717) is 0 Å². The van der Waals surface area contributed by atoms with Crippen LogP contribution in [0.15, 0.2) is 12.1 Å². The fourth-order valence-corrected chi connectivity index (χ4v) is 1.86. The Hall–Kier alpha value is -0.0900. The van der Waals surface area contributed by atoms with E-state index < -0.39 is 0 Å². The van der Waals surface area contributed by atoms with E-state index in [2.05, 4.69) is 5.32 Å². The van der Waals surface area contributed by atoms with E-state index in [1.807, 2.05) is 26.0 Å². The molecular weight excluding hydrogens is 206 g/mol. The van der Waals surface area contributed by atoms with Crippen LogP contribution in [0.2, 0.25) is 4.34 Å². The molecule has 1 aromatic heterocycles. The first-order valence-electron chi connectivity index (χ1n) is 4.13. The molecule has 0 radical (unpaired) electrons. The van der Waals surface area contributed by atoms with E-state index >= 15 is 0 Å². The van der Waals surface area contributed by atoms with Gasteiger partial charge in [0.05, 0.1) is 10.9 Å².